The Morgan fingerprint density at radius 3 is 2.16 bits per heavy atom. The van der Waals surface area contributed by atoms with Gasteiger partial charge in [-0.3, -0.25) is 0 Å². The molecule has 0 saturated carbocycles. The van der Waals surface area contributed by atoms with Crippen LogP contribution in [0.2, 0.25) is 20.1 Å². The highest BCUT2D eigenvalue weighted by molar-refractivity contribution is 6.44. The van der Waals surface area contributed by atoms with Gasteiger partial charge in [0.05, 0.1) is 26.8 Å². The standard InChI is InChI=1S/C14H11Cl4N/c1-8(9-4-2-3-5-10(9)15)19-14-7-12(17)11(16)6-13(14)18/h2-8,19H,1H3. The summed E-state index contributed by atoms with van der Waals surface area (Å²) in [6.07, 6.45) is 0. The fourth-order valence-electron chi connectivity index (χ4n) is 1.77. The lowest BCUT2D eigenvalue weighted by Gasteiger charge is -2.18. The molecule has 2 rings (SSSR count). The van der Waals surface area contributed by atoms with Crippen molar-refractivity contribution in [2.75, 3.05) is 5.32 Å². The van der Waals surface area contributed by atoms with E-state index in [1.54, 1.807) is 12.1 Å². The van der Waals surface area contributed by atoms with Gasteiger partial charge in [-0.25, -0.2) is 0 Å². The van der Waals surface area contributed by atoms with Gasteiger partial charge in [0.25, 0.3) is 0 Å². The maximum Gasteiger partial charge on any atom is 0.0653 e. The van der Waals surface area contributed by atoms with Crippen LogP contribution in [0.25, 0.3) is 0 Å². The summed E-state index contributed by atoms with van der Waals surface area (Å²) >= 11 is 24.2. The van der Waals surface area contributed by atoms with Gasteiger partial charge in [0.1, 0.15) is 0 Å². The van der Waals surface area contributed by atoms with E-state index < -0.39 is 0 Å². The van der Waals surface area contributed by atoms with Gasteiger partial charge < -0.3 is 5.32 Å². The van der Waals surface area contributed by atoms with Gasteiger partial charge in [0.2, 0.25) is 0 Å². The zero-order valence-electron chi connectivity index (χ0n) is 10.1. The van der Waals surface area contributed by atoms with Crippen molar-refractivity contribution in [3.8, 4) is 0 Å². The number of hydrogen-bond acceptors (Lipinski definition) is 1. The van der Waals surface area contributed by atoms with Gasteiger partial charge in [0.15, 0.2) is 0 Å². The molecular formula is C14H11Cl4N. The van der Waals surface area contributed by atoms with Crippen LogP contribution in [0.1, 0.15) is 18.5 Å². The van der Waals surface area contributed by atoms with Crippen molar-refractivity contribution in [2.45, 2.75) is 13.0 Å². The molecule has 0 fully saturated rings. The second kappa shape index (κ2) is 6.23. The van der Waals surface area contributed by atoms with Crippen molar-refractivity contribution in [1.82, 2.24) is 0 Å². The summed E-state index contributed by atoms with van der Waals surface area (Å²) in [6, 6.07) is 11.0. The van der Waals surface area contributed by atoms with E-state index in [4.69, 9.17) is 46.4 Å². The van der Waals surface area contributed by atoms with Crippen molar-refractivity contribution in [3.63, 3.8) is 0 Å². The molecule has 2 aromatic rings. The van der Waals surface area contributed by atoms with Crippen molar-refractivity contribution in [3.05, 3.63) is 62.1 Å². The predicted octanol–water partition coefficient (Wildman–Crippen LogP) is 6.47. The van der Waals surface area contributed by atoms with Gasteiger partial charge in [-0.15, -0.1) is 0 Å². The molecule has 5 heteroatoms. The molecule has 1 atom stereocenters. The SMILES string of the molecule is CC(Nc1cc(Cl)c(Cl)cc1Cl)c1ccccc1Cl. The first-order valence-electron chi connectivity index (χ1n) is 5.64. The second-order valence-corrected chi connectivity index (χ2v) is 5.76. The quantitative estimate of drug-likeness (QED) is 0.634. The summed E-state index contributed by atoms with van der Waals surface area (Å²) < 4.78 is 0. The summed E-state index contributed by atoms with van der Waals surface area (Å²) in [5.41, 5.74) is 1.72. The van der Waals surface area contributed by atoms with Crippen LogP contribution in [0.3, 0.4) is 0 Å². The van der Waals surface area contributed by atoms with E-state index in [1.807, 2.05) is 31.2 Å². The maximum absolute atomic E-state index is 6.16. The van der Waals surface area contributed by atoms with Crippen LogP contribution in [0, 0.1) is 0 Å². The van der Waals surface area contributed by atoms with E-state index in [-0.39, 0.29) is 6.04 Å². The summed E-state index contributed by atoms with van der Waals surface area (Å²) in [5, 5.41) is 5.40. The lowest BCUT2D eigenvalue weighted by molar-refractivity contribution is 0.885. The Kier molecular flexibility index (Phi) is 4.86. The maximum atomic E-state index is 6.16. The first-order chi connectivity index (χ1) is 8.99. The van der Waals surface area contributed by atoms with E-state index >= 15 is 0 Å². The minimum absolute atomic E-state index is 0.00319. The molecule has 19 heavy (non-hydrogen) atoms. The van der Waals surface area contributed by atoms with Gasteiger partial charge >= 0.3 is 0 Å². The van der Waals surface area contributed by atoms with Crippen LogP contribution in [-0.4, -0.2) is 0 Å². The highest BCUT2D eigenvalue weighted by Crippen LogP contribution is 2.35. The highest BCUT2D eigenvalue weighted by Gasteiger charge is 2.12. The number of rotatable bonds is 3. The number of hydrogen-bond donors (Lipinski definition) is 1. The molecule has 0 aliphatic rings. The summed E-state index contributed by atoms with van der Waals surface area (Å²) in [5.74, 6) is 0. The van der Waals surface area contributed by atoms with Crippen molar-refractivity contribution in [1.29, 1.82) is 0 Å². The van der Waals surface area contributed by atoms with E-state index in [1.165, 1.54) is 0 Å². The molecule has 0 aromatic heterocycles. The van der Waals surface area contributed by atoms with Crippen LogP contribution in [0.5, 0.6) is 0 Å². The van der Waals surface area contributed by atoms with Crippen molar-refractivity contribution >= 4 is 52.1 Å². The Labute approximate surface area is 132 Å². The first-order valence-corrected chi connectivity index (χ1v) is 7.15. The van der Waals surface area contributed by atoms with E-state index in [9.17, 15) is 0 Å². The molecule has 0 aliphatic heterocycles. The van der Waals surface area contributed by atoms with Crippen LogP contribution in [0.15, 0.2) is 36.4 Å². The largest absolute Gasteiger partial charge is 0.377 e. The monoisotopic (exact) mass is 333 g/mol. The third kappa shape index (κ3) is 3.49. The van der Waals surface area contributed by atoms with E-state index in [0.29, 0.717) is 20.1 Å². The molecule has 100 valence electrons. The van der Waals surface area contributed by atoms with Crippen molar-refractivity contribution < 1.29 is 0 Å². The van der Waals surface area contributed by atoms with Gasteiger partial charge in [-0.05, 0) is 30.7 Å². The van der Waals surface area contributed by atoms with E-state index in [2.05, 4.69) is 5.32 Å². The number of anilines is 1. The molecule has 0 aliphatic carbocycles. The van der Waals surface area contributed by atoms with Crippen molar-refractivity contribution in [2.24, 2.45) is 0 Å². The minimum atomic E-state index is 0.00319. The van der Waals surface area contributed by atoms with Crippen LogP contribution in [0.4, 0.5) is 5.69 Å². The molecule has 0 radical (unpaired) electrons. The van der Waals surface area contributed by atoms with Crippen LogP contribution < -0.4 is 5.32 Å². The Morgan fingerprint density at radius 1 is 0.842 bits per heavy atom. The van der Waals surface area contributed by atoms with Gasteiger partial charge in [0, 0.05) is 5.02 Å². The zero-order valence-corrected chi connectivity index (χ0v) is 13.1. The molecule has 0 spiro atoms. The molecule has 0 amide bonds. The first kappa shape index (κ1) is 14.8. The Hall–Kier alpha value is -0.600. The lowest BCUT2D eigenvalue weighted by atomic mass is 10.1. The Morgan fingerprint density at radius 2 is 1.47 bits per heavy atom. The lowest BCUT2D eigenvalue weighted by Crippen LogP contribution is -2.07. The van der Waals surface area contributed by atoms with Crippen LogP contribution >= 0.6 is 46.4 Å². The topological polar surface area (TPSA) is 12.0 Å². The summed E-state index contributed by atoms with van der Waals surface area (Å²) in [7, 11) is 0. The molecule has 1 unspecified atom stereocenters. The fourth-order valence-corrected chi connectivity index (χ4v) is 2.67. The number of nitrogens with one attached hydrogen (secondary N) is 1. The third-order valence-electron chi connectivity index (χ3n) is 2.75. The molecule has 2 aromatic carbocycles. The van der Waals surface area contributed by atoms with Gasteiger partial charge in [-0.2, -0.15) is 0 Å². The Bertz CT molecular complexity index is 598. The molecule has 0 heterocycles. The number of halogens is 4. The average molecular weight is 335 g/mol. The smallest absolute Gasteiger partial charge is 0.0653 e. The summed E-state index contributed by atoms with van der Waals surface area (Å²) in [6.45, 7) is 2.00. The number of benzene rings is 2. The Balaban J connectivity index is 2.27. The minimum Gasteiger partial charge on any atom is -0.377 e. The molecular weight excluding hydrogens is 324 g/mol. The molecule has 0 saturated heterocycles. The normalized spacial score (nSPS) is 12.3. The zero-order chi connectivity index (χ0) is 14.0. The molecule has 1 N–H and O–H groups in total. The third-order valence-corrected chi connectivity index (χ3v) is 4.13. The van der Waals surface area contributed by atoms with Gasteiger partial charge in [-0.1, -0.05) is 64.6 Å². The highest BCUT2D eigenvalue weighted by atomic mass is 35.5. The predicted molar refractivity (Wildman–Crippen MR) is 85.0 cm³/mol. The fraction of sp³-hybridized carbons (Fsp3) is 0.143. The average Bonchev–Trinajstić information content (AvgIpc) is 2.36. The van der Waals surface area contributed by atoms with E-state index in [0.717, 1.165) is 11.3 Å². The molecule has 1 nitrogen and oxygen atoms in total. The van der Waals surface area contributed by atoms with Crippen LogP contribution in [-0.2, 0) is 0 Å². The summed E-state index contributed by atoms with van der Waals surface area (Å²) in [4.78, 5) is 0. The second-order valence-electron chi connectivity index (χ2n) is 4.13. The molecule has 0 bridgehead atoms.